The summed E-state index contributed by atoms with van der Waals surface area (Å²) in [5, 5.41) is 3.41. The van der Waals surface area contributed by atoms with Crippen LogP contribution in [0.5, 0.6) is 0 Å². The molecule has 0 aliphatic carbocycles. The van der Waals surface area contributed by atoms with E-state index in [1.165, 1.54) is 12.8 Å². The van der Waals surface area contributed by atoms with E-state index in [0.29, 0.717) is 6.04 Å². The second-order valence-corrected chi connectivity index (χ2v) is 3.94. The van der Waals surface area contributed by atoms with E-state index in [2.05, 4.69) is 10.3 Å². The highest BCUT2D eigenvalue weighted by atomic mass is 16.5. The quantitative estimate of drug-likeness (QED) is 0.739. The largest absolute Gasteiger partial charge is 0.379 e. The van der Waals surface area contributed by atoms with Crippen molar-refractivity contribution < 1.29 is 4.74 Å². The second-order valence-electron chi connectivity index (χ2n) is 3.94. The van der Waals surface area contributed by atoms with Gasteiger partial charge < -0.3 is 10.1 Å². The standard InChI is InChI=1S/C12H18N2O/c1-2-7-13-11(4-1)6-9-15-10-12-5-3-8-14-12/h1-2,4,7,12,14H,3,5-6,8-10H2/t12-/m1/s1. The highest BCUT2D eigenvalue weighted by Gasteiger charge is 2.13. The molecule has 2 heterocycles. The Labute approximate surface area is 90.9 Å². The van der Waals surface area contributed by atoms with Crippen LogP contribution < -0.4 is 5.32 Å². The molecule has 0 spiro atoms. The molecule has 82 valence electrons. The van der Waals surface area contributed by atoms with E-state index in [1.54, 1.807) is 0 Å². The van der Waals surface area contributed by atoms with Crippen LogP contribution in [0, 0.1) is 0 Å². The van der Waals surface area contributed by atoms with Crippen molar-refractivity contribution in [3.05, 3.63) is 30.1 Å². The van der Waals surface area contributed by atoms with Gasteiger partial charge in [0, 0.05) is 24.4 Å². The molecule has 3 heteroatoms. The van der Waals surface area contributed by atoms with Crippen LogP contribution in [0.15, 0.2) is 24.4 Å². The monoisotopic (exact) mass is 206 g/mol. The second kappa shape index (κ2) is 5.83. The Hall–Kier alpha value is -0.930. The summed E-state index contributed by atoms with van der Waals surface area (Å²) in [4.78, 5) is 4.25. The maximum atomic E-state index is 5.62. The Morgan fingerprint density at radius 2 is 2.47 bits per heavy atom. The minimum Gasteiger partial charge on any atom is -0.379 e. The van der Waals surface area contributed by atoms with Gasteiger partial charge in [0.1, 0.15) is 0 Å². The summed E-state index contributed by atoms with van der Waals surface area (Å²) in [7, 11) is 0. The fourth-order valence-electron chi connectivity index (χ4n) is 1.85. The molecule has 0 amide bonds. The van der Waals surface area contributed by atoms with Crippen molar-refractivity contribution in [2.24, 2.45) is 0 Å². The van der Waals surface area contributed by atoms with Gasteiger partial charge in [-0.2, -0.15) is 0 Å². The maximum absolute atomic E-state index is 5.62. The lowest BCUT2D eigenvalue weighted by Crippen LogP contribution is -2.27. The molecular weight excluding hydrogens is 188 g/mol. The van der Waals surface area contributed by atoms with Crippen LogP contribution in [0.3, 0.4) is 0 Å². The Bertz CT molecular complexity index is 270. The van der Waals surface area contributed by atoms with Gasteiger partial charge in [-0.05, 0) is 31.5 Å². The summed E-state index contributed by atoms with van der Waals surface area (Å²) in [6, 6.07) is 6.57. The predicted octanol–water partition coefficient (Wildman–Crippen LogP) is 1.39. The van der Waals surface area contributed by atoms with Crippen molar-refractivity contribution >= 4 is 0 Å². The molecule has 0 radical (unpaired) electrons. The Balaban J connectivity index is 1.59. The van der Waals surface area contributed by atoms with Gasteiger partial charge in [-0.3, -0.25) is 4.98 Å². The molecule has 15 heavy (non-hydrogen) atoms. The minimum absolute atomic E-state index is 0.578. The summed E-state index contributed by atoms with van der Waals surface area (Å²) in [6.45, 7) is 2.76. The molecule has 1 aliphatic heterocycles. The van der Waals surface area contributed by atoms with Crippen LogP contribution in [0.2, 0.25) is 0 Å². The first-order chi connectivity index (χ1) is 7.45. The van der Waals surface area contributed by atoms with E-state index in [0.717, 1.165) is 31.9 Å². The topological polar surface area (TPSA) is 34.1 Å². The first-order valence-corrected chi connectivity index (χ1v) is 5.66. The average Bonchev–Trinajstić information content (AvgIpc) is 2.79. The molecule has 1 atom stereocenters. The maximum Gasteiger partial charge on any atom is 0.0619 e. The molecular formula is C12H18N2O. The van der Waals surface area contributed by atoms with Crippen molar-refractivity contribution in [1.29, 1.82) is 0 Å². The number of hydrogen-bond donors (Lipinski definition) is 1. The zero-order valence-corrected chi connectivity index (χ0v) is 8.98. The number of ether oxygens (including phenoxy) is 1. The van der Waals surface area contributed by atoms with Crippen molar-refractivity contribution in [3.8, 4) is 0 Å². The third-order valence-corrected chi connectivity index (χ3v) is 2.71. The Kier molecular flexibility index (Phi) is 4.11. The number of aromatic nitrogens is 1. The number of hydrogen-bond acceptors (Lipinski definition) is 3. The van der Waals surface area contributed by atoms with Crippen molar-refractivity contribution in [3.63, 3.8) is 0 Å². The van der Waals surface area contributed by atoms with Gasteiger partial charge in [-0.15, -0.1) is 0 Å². The van der Waals surface area contributed by atoms with Crippen molar-refractivity contribution in [2.45, 2.75) is 25.3 Å². The molecule has 1 aromatic rings. The lowest BCUT2D eigenvalue weighted by atomic mass is 10.2. The fourth-order valence-corrected chi connectivity index (χ4v) is 1.85. The lowest BCUT2D eigenvalue weighted by Gasteiger charge is -2.10. The summed E-state index contributed by atoms with van der Waals surface area (Å²) >= 11 is 0. The number of nitrogens with zero attached hydrogens (tertiary/aromatic N) is 1. The van der Waals surface area contributed by atoms with Crippen LogP contribution in [0.1, 0.15) is 18.5 Å². The van der Waals surface area contributed by atoms with E-state index >= 15 is 0 Å². The van der Waals surface area contributed by atoms with E-state index in [4.69, 9.17) is 4.74 Å². The van der Waals surface area contributed by atoms with Gasteiger partial charge in [-0.25, -0.2) is 0 Å². The zero-order valence-electron chi connectivity index (χ0n) is 8.98. The van der Waals surface area contributed by atoms with Gasteiger partial charge >= 0.3 is 0 Å². The SMILES string of the molecule is c1ccc(CCOC[C@H]2CCCN2)nc1. The van der Waals surface area contributed by atoms with Gasteiger partial charge in [0.15, 0.2) is 0 Å². The van der Waals surface area contributed by atoms with Crippen LogP contribution >= 0.6 is 0 Å². The Morgan fingerprint density at radius 3 is 3.20 bits per heavy atom. The van der Waals surface area contributed by atoms with E-state index in [9.17, 15) is 0 Å². The van der Waals surface area contributed by atoms with E-state index in [-0.39, 0.29) is 0 Å². The van der Waals surface area contributed by atoms with Gasteiger partial charge in [0.25, 0.3) is 0 Å². The molecule has 2 rings (SSSR count). The van der Waals surface area contributed by atoms with Gasteiger partial charge in [0.2, 0.25) is 0 Å². The summed E-state index contributed by atoms with van der Waals surface area (Å²) in [6.07, 6.45) is 5.28. The molecule has 1 saturated heterocycles. The number of nitrogens with one attached hydrogen (secondary N) is 1. The third kappa shape index (κ3) is 3.61. The molecule has 3 nitrogen and oxygen atoms in total. The summed E-state index contributed by atoms with van der Waals surface area (Å²) < 4.78 is 5.62. The number of rotatable bonds is 5. The smallest absolute Gasteiger partial charge is 0.0619 e. The van der Waals surface area contributed by atoms with Crippen LogP contribution in [0.25, 0.3) is 0 Å². The lowest BCUT2D eigenvalue weighted by molar-refractivity contribution is 0.118. The fraction of sp³-hybridized carbons (Fsp3) is 0.583. The Morgan fingerprint density at radius 1 is 1.47 bits per heavy atom. The highest BCUT2D eigenvalue weighted by Crippen LogP contribution is 2.05. The molecule has 1 fully saturated rings. The molecule has 1 N–H and O–H groups in total. The van der Waals surface area contributed by atoms with Gasteiger partial charge in [-0.1, -0.05) is 6.07 Å². The van der Waals surface area contributed by atoms with Crippen LogP contribution in [-0.4, -0.2) is 30.8 Å². The minimum atomic E-state index is 0.578. The predicted molar refractivity (Wildman–Crippen MR) is 59.8 cm³/mol. The molecule has 0 aromatic carbocycles. The summed E-state index contributed by atoms with van der Waals surface area (Å²) in [5.41, 5.74) is 1.11. The molecule has 0 unspecified atom stereocenters. The highest BCUT2D eigenvalue weighted by molar-refractivity contribution is 5.03. The normalized spacial score (nSPS) is 20.7. The number of pyridine rings is 1. The zero-order chi connectivity index (χ0) is 10.3. The van der Waals surface area contributed by atoms with Crippen LogP contribution in [0.4, 0.5) is 0 Å². The van der Waals surface area contributed by atoms with Gasteiger partial charge in [0.05, 0.1) is 13.2 Å². The first kappa shape index (κ1) is 10.6. The molecule has 0 saturated carbocycles. The van der Waals surface area contributed by atoms with E-state index < -0.39 is 0 Å². The average molecular weight is 206 g/mol. The first-order valence-electron chi connectivity index (χ1n) is 5.66. The molecule has 0 bridgehead atoms. The molecule has 1 aromatic heterocycles. The van der Waals surface area contributed by atoms with E-state index in [1.807, 2.05) is 24.4 Å². The van der Waals surface area contributed by atoms with Crippen LogP contribution in [-0.2, 0) is 11.2 Å². The van der Waals surface area contributed by atoms with Crippen molar-refractivity contribution in [1.82, 2.24) is 10.3 Å². The third-order valence-electron chi connectivity index (χ3n) is 2.71. The molecule has 1 aliphatic rings. The summed E-state index contributed by atoms with van der Waals surface area (Å²) in [5.74, 6) is 0. The van der Waals surface area contributed by atoms with Crippen molar-refractivity contribution in [2.75, 3.05) is 19.8 Å².